The molecule has 0 unspecified atom stereocenters. The number of hydrogen-bond acceptors (Lipinski definition) is 15. The van der Waals surface area contributed by atoms with Crippen LogP contribution in [0.2, 0.25) is 0 Å². The van der Waals surface area contributed by atoms with Gasteiger partial charge in [0.2, 0.25) is 0 Å². The molecular formula is C40H45N3O14. The predicted octanol–water partition coefficient (Wildman–Crippen LogP) is 3.99. The predicted molar refractivity (Wildman–Crippen MR) is 197 cm³/mol. The van der Waals surface area contributed by atoms with Crippen molar-refractivity contribution in [3.8, 4) is 0 Å². The number of ether oxygens (including phenoxy) is 9. The normalized spacial score (nSPS) is 27.0. The lowest BCUT2D eigenvalue weighted by Gasteiger charge is -2.48. The number of esters is 3. The Bertz CT molecular complexity index is 1810. The molecule has 1 N–H and O–H groups in total. The third kappa shape index (κ3) is 11.7. The van der Waals surface area contributed by atoms with Crippen LogP contribution in [0.1, 0.15) is 41.3 Å². The number of carbonyl (C=O) groups excluding carboxylic acids is 4. The Labute approximate surface area is 328 Å². The van der Waals surface area contributed by atoms with Crippen molar-refractivity contribution in [3.63, 3.8) is 0 Å². The second kappa shape index (κ2) is 21.3. The zero-order valence-electron chi connectivity index (χ0n) is 31.6. The molecule has 304 valence electrons. The molecule has 0 aliphatic carbocycles. The third-order valence-electron chi connectivity index (χ3n) is 9.19. The Balaban J connectivity index is 1.57. The molecule has 2 heterocycles. The van der Waals surface area contributed by atoms with Gasteiger partial charge in [-0.3, -0.25) is 4.79 Å². The molecule has 2 aliphatic rings. The van der Waals surface area contributed by atoms with E-state index < -0.39 is 85.9 Å². The van der Waals surface area contributed by atoms with E-state index in [-0.39, 0.29) is 37.4 Å². The first kappa shape index (κ1) is 42.9. The number of Topliss-reactive ketones (excluding diaryl/α,β-unsaturated/α-hetero) is 1. The molecule has 57 heavy (non-hydrogen) atoms. The molecule has 2 aliphatic heterocycles. The van der Waals surface area contributed by atoms with Crippen LogP contribution >= 0.6 is 0 Å². The zero-order chi connectivity index (χ0) is 40.7. The van der Waals surface area contributed by atoms with Gasteiger partial charge in [0.1, 0.15) is 49.0 Å². The highest BCUT2D eigenvalue weighted by molar-refractivity contribution is 5.89. The van der Waals surface area contributed by atoms with Crippen LogP contribution in [0.3, 0.4) is 0 Å². The van der Waals surface area contributed by atoms with Gasteiger partial charge in [-0.15, -0.1) is 0 Å². The van der Waals surface area contributed by atoms with Crippen molar-refractivity contribution in [2.75, 3.05) is 20.8 Å². The molecule has 17 nitrogen and oxygen atoms in total. The SMILES string of the molecule is COC(=O)[C@@H]1O[C@@H](O[C@H]2[C@H](OCc3ccccc3)[C@@H](N=[N+]=[N-])[C@@H](OC)O[C@@H]2COC(=O)CCC(C)=O)[C@H](OC(=O)c2ccccc2)[C@@H](OCc2ccccc2)[C@@H]1O. The molecule has 3 aromatic carbocycles. The highest BCUT2D eigenvalue weighted by Gasteiger charge is 2.56. The second-order valence-corrected chi connectivity index (χ2v) is 13.2. The lowest BCUT2D eigenvalue weighted by molar-refractivity contribution is -0.347. The Morgan fingerprint density at radius 1 is 0.772 bits per heavy atom. The number of nitrogens with zero attached hydrogens (tertiary/aromatic N) is 3. The summed E-state index contributed by atoms with van der Waals surface area (Å²) in [6, 6.07) is 24.8. The van der Waals surface area contributed by atoms with Gasteiger partial charge in [0.15, 0.2) is 24.8 Å². The Morgan fingerprint density at radius 2 is 1.37 bits per heavy atom. The van der Waals surface area contributed by atoms with Crippen molar-refractivity contribution in [2.24, 2.45) is 5.11 Å². The van der Waals surface area contributed by atoms with Gasteiger partial charge in [-0.1, -0.05) is 84.0 Å². The fourth-order valence-corrected chi connectivity index (χ4v) is 6.30. The zero-order valence-corrected chi connectivity index (χ0v) is 31.6. The molecule has 0 spiro atoms. The van der Waals surface area contributed by atoms with Gasteiger partial charge in [0.25, 0.3) is 0 Å². The van der Waals surface area contributed by atoms with Crippen LogP contribution in [0.15, 0.2) is 96.1 Å². The number of aliphatic hydroxyl groups is 1. The summed E-state index contributed by atoms with van der Waals surface area (Å²) in [5.41, 5.74) is 11.2. The van der Waals surface area contributed by atoms with Crippen LogP contribution in [-0.2, 0) is 70.2 Å². The maximum Gasteiger partial charge on any atom is 0.338 e. The quantitative estimate of drug-likeness (QED) is 0.0633. The minimum absolute atomic E-state index is 0.0331. The summed E-state index contributed by atoms with van der Waals surface area (Å²) in [7, 11) is 2.42. The first-order chi connectivity index (χ1) is 27.6. The molecular weight excluding hydrogens is 746 g/mol. The Hall–Kier alpha value is -5.23. The van der Waals surface area contributed by atoms with Gasteiger partial charge >= 0.3 is 17.9 Å². The van der Waals surface area contributed by atoms with Crippen molar-refractivity contribution in [1.29, 1.82) is 0 Å². The number of azide groups is 1. The number of ketones is 1. The molecule has 0 amide bonds. The number of methoxy groups -OCH3 is 2. The van der Waals surface area contributed by atoms with Crippen LogP contribution < -0.4 is 0 Å². The van der Waals surface area contributed by atoms with E-state index in [2.05, 4.69) is 10.0 Å². The van der Waals surface area contributed by atoms with Crippen LogP contribution in [0.25, 0.3) is 10.4 Å². The van der Waals surface area contributed by atoms with E-state index in [0.29, 0.717) is 5.56 Å². The topological polar surface area (TPSA) is 220 Å². The van der Waals surface area contributed by atoms with Crippen LogP contribution in [0.5, 0.6) is 0 Å². The number of hydrogen-bond donors (Lipinski definition) is 1. The smallest absolute Gasteiger partial charge is 0.338 e. The van der Waals surface area contributed by atoms with Gasteiger partial charge in [-0.2, -0.15) is 0 Å². The molecule has 0 radical (unpaired) electrons. The second-order valence-electron chi connectivity index (χ2n) is 13.2. The summed E-state index contributed by atoms with van der Waals surface area (Å²) in [6.45, 7) is 0.739. The largest absolute Gasteiger partial charge is 0.467 e. The number of aliphatic hydroxyl groups excluding tert-OH is 1. The van der Waals surface area contributed by atoms with Crippen molar-refractivity contribution < 1.29 is 66.9 Å². The monoisotopic (exact) mass is 791 g/mol. The van der Waals surface area contributed by atoms with E-state index in [0.717, 1.165) is 12.7 Å². The van der Waals surface area contributed by atoms with Gasteiger partial charge in [-0.05, 0) is 35.7 Å². The van der Waals surface area contributed by atoms with Gasteiger partial charge in [0.05, 0.1) is 32.3 Å². The highest BCUT2D eigenvalue weighted by Crippen LogP contribution is 2.35. The van der Waals surface area contributed by atoms with Gasteiger partial charge in [0, 0.05) is 18.4 Å². The summed E-state index contributed by atoms with van der Waals surface area (Å²) in [4.78, 5) is 54.1. The van der Waals surface area contributed by atoms with E-state index in [1.54, 1.807) is 66.7 Å². The molecule has 5 rings (SSSR count). The van der Waals surface area contributed by atoms with Gasteiger partial charge < -0.3 is 52.5 Å². The molecule has 0 saturated carbocycles. The van der Waals surface area contributed by atoms with Crippen LogP contribution in [0.4, 0.5) is 0 Å². The van der Waals surface area contributed by atoms with Crippen molar-refractivity contribution in [2.45, 2.75) is 94.3 Å². The van der Waals surface area contributed by atoms with E-state index in [9.17, 15) is 29.8 Å². The first-order valence-corrected chi connectivity index (χ1v) is 18.1. The average molecular weight is 792 g/mol. The lowest BCUT2D eigenvalue weighted by atomic mass is 9.95. The van der Waals surface area contributed by atoms with Gasteiger partial charge in [-0.25, -0.2) is 9.59 Å². The van der Waals surface area contributed by atoms with Crippen molar-refractivity contribution in [3.05, 3.63) is 118 Å². The standard InChI is InChI=1S/C40H45N3O14/c1-24(44)19-20-29(45)51-23-28-32(33(30(42-43-41)39(50-3)54-28)52-21-25-13-7-4-8-14-25)56-40-36(55-37(47)27-17-11-6-12-18-27)34(31(46)35(57-40)38(48)49-2)53-22-26-15-9-5-10-16-26/h4-18,28,30-36,39-40,46H,19-23H2,1-3H3/t28-,30-,31+,32-,33-,34+,35-,36-,39+,40-/m1/s1. The summed E-state index contributed by atoms with van der Waals surface area (Å²) >= 11 is 0. The van der Waals surface area contributed by atoms with Crippen molar-refractivity contribution >= 4 is 23.7 Å². The minimum atomic E-state index is -1.74. The summed E-state index contributed by atoms with van der Waals surface area (Å²) in [6.07, 6.45) is -13.6. The number of carbonyl (C=O) groups is 4. The maximum atomic E-state index is 13.7. The summed E-state index contributed by atoms with van der Waals surface area (Å²) in [5.74, 6) is -2.76. The van der Waals surface area contributed by atoms with Crippen LogP contribution in [0, 0.1) is 0 Å². The average Bonchev–Trinajstić information content (AvgIpc) is 3.23. The van der Waals surface area contributed by atoms with E-state index in [1.807, 2.05) is 12.1 Å². The number of benzene rings is 3. The van der Waals surface area contributed by atoms with Crippen molar-refractivity contribution in [1.82, 2.24) is 0 Å². The number of rotatable bonds is 18. The van der Waals surface area contributed by atoms with Crippen LogP contribution in [-0.4, -0.2) is 111 Å². The fraction of sp³-hybridized carbons (Fsp3) is 0.450. The minimum Gasteiger partial charge on any atom is -0.467 e. The molecule has 17 heteroatoms. The highest BCUT2D eigenvalue weighted by atomic mass is 16.8. The first-order valence-electron chi connectivity index (χ1n) is 18.1. The third-order valence-corrected chi connectivity index (χ3v) is 9.19. The molecule has 3 aromatic rings. The summed E-state index contributed by atoms with van der Waals surface area (Å²) in [5, 5.41) is 15.5. The molecule has 0 bridgehead atoms. The molecule has 2 fully saturated rings. The van der Waals surface area contributed by atoms with E-state index >= 15 is 0 Å². The van der Waals surface area contributed by atoms with E-state index in [4.69, 9.17) is 42.6 Å². The summed E-state index contributed by atoms with van der Waals surface area (Å²) < 4.78 is 53.5. The molecule has 10 atom stereocenters. The molecule has 0 aromatic heterocycles. The Morgan fingerprint density at radius 3 is 1.93 bits per heavy atom. The fourth-order valence-electron chi connectivity index (χ4n) is 6.30. The Kier molecular flexibility index (Phi) is 16.1. The molecule has 2 saturated heterocycles. The maximum absolute atomic E-state index is 13.7. The lowest BCUT2D eigenvalue weighted by Crippen LogP contribution is -2.66. The van der Waals surface area contributed by atoms with E-state index in [1.165, 1.54) is 26.2 Å².